The van der Waals surface area contributed by atoms with Crippen molar-refractivity contribution < 1.29 is 4.79 Å². The van der Waals surface area contributed by atoms with Crippen LogP contribution in [0.1, 0.15) is 66.2 Å². The maximum atomic E-state index is 12.5. The van der Waals surface area contributed by atoms with E-state index in [-0.39, 0.29) is 11.9 Å². The molecule has 0 radical (unpaired) electrons. The third-order valence-electron chi connectivity index (χ3n) is 7.73. The van der Waals surface area contributed by atoms with Crippen molar-refractivity contribution in [2.45, 2.75) is 72.3 Å². The van der Waals surface area contributed by atoms with Crippen LogP contribution in [0.25, 0.3) is 0 Å². The van der Waals surface area contributed by atoms with Gasteiger partial charge in [0.25, 0.3) is 0 Å². The second kappa shape index (κ2) is 10.6. The second-order valence-electron chi connectivity index (χ2n) is 10.2. The molecule has 3 aliphatic rings. The Bertz CT molecular complexity index is 975. The highest BCUT2D eigenvalue weighted by Crippen LogP contribution is 2.55. The quantitative estimate of drug-likeness (QED) is 0.341. The number of nitrogens with one attached hydrogen (secondary N) is 2. The number of likely N-dealkylation sites (tertiary alicyclic amines) is 1. The zero-order chi connectivity index (χ0) is 24.3. The lowest BCUT2D eigenvalue weighted by Gasteiger charge is -2.24. The molecule has 2 saturated carbocycles. The summed E-state index contributed by atoms with van der Waals surface area (Å²) in [4.78, 5) is 14.6. The molecule has 0 spiro atoms. The largest absolute Gasteiger partial charge is 0.325 e. The first-order valence-electron chi connectivity index (χ1n) is 12.3. The monoisotopic (exact) mass is 447 g/mol. The van der Waals surface area contributed by atoms with E-state index in [1.807, 2.05) is 26.1 Å². The molecule has 0 aromatic carbocycles. The molecule has 2 N–H and O–H groups in total. The number of hydrogen-bond donors (Lipinski definition) is 2. The van der Waals surface area contributed by atoms with E-state index in [2.05, 4.69) is 50.2 Å². The Morgan fingerprint density at radius 3 is 2.27 bits per heavy atom. The zero-order valence-electron chi connectivity index (χ0n) is 21.2. The summed E-state index contributed by atoms with van der Waals surface area (Å²) in [5, 5.41) is 10.7. The van der Waals surface area contributed by atoms with E-state index >= 15 is 0 Å². The van der Waals surface area contributed by atoms with Crippen molar-refractivity contribution in [2.75, 3.05) is 13.6 Å². The van der Waals surface area contributed by atoms with Gasteiger partial charge in [0.2, 0.25) is 5.91 Å². The molecule has 3 fully saturated rings. The Morgan fingerprint density at radius 2 is 1.70 bits per heavy atom. The molecular weight excluding hydrogens is 406 g/mol. The van der Waals surface area contributed by atoms with E-state index < -0.39 is 0 Å². The predicted molar refractivity (Wildman–Crippen MR) is 139 cm³/mol. The Balaban J connectivity index is 1.76. The van der Waals surface area contributed by atoms with Gasteiger partial charge in [0.15, 0.2) is 0 Å². The van der Waals surface area contributed by atoms with Crippen LogP contribution in [0, 0.1) is 17.2 Å². The average molecular weight is 448 g/mol. The molecule has 1 aliphatic heterocycles. The van der Waals surface area contributed by atoms with Crippen molar-refractivity contribution >= 4 is 11.6 Å². The number of likely N-dealkylation sites (N-methyl/N-ethyl adjacent to an activating group) is 1. The van der Waals surface area contributed by atoms with Gasteiger partial charge in [0.1, 0.15) is 0 Å². The number of nitrogens with zero attached hydrogens (tertiary/aromatic N) is 1. The van der Waals surface area contributed by atoms with Crippen molar-refractivity contribution in [3.63, 3.8) is 0 Å². The van der Waals surface area contributed by atoms with Crippen molar-refractivity contribution in [2.24, 2.45) is 11.8 Å². The van der Waals surface area contributed by atoms with Crippen molar-refractivity contribution in [1.82, 2.24) is 10.2 Å². The van der Waals surface area contributed by atoms with Crippen LogP contribution < -0.4 is 5.32 Å². The van der Waals surface area contributed by atoms with Crippen LogP contribution in [0.3, 0.4) is 0 Å². The molecule has 1 saturated heterocycles. The first-order chi connectivity index (χ1) is 15.6. The second-order valence-corrected chi connectivity index (χ2v) is 10.2. The van der Waals surface area contributed by atoms with E-state index in [1.165, 1.54) is 47.1 Å². The predicted octanol–water partition coefficient (Wildman–Crippen LogP) is 6.26. The van der Waals surface area contributed by atoms with Gasteiger partial charge in [-0.05, 0) is 119 Å². The summed E-state index contributed by atoms with van der Waals surface area (Å²) in [6.45, 7) is 17.8. The SMILES string of the molecule is C=C(/C=C\C(=C)C(C)=C1C(=C(C)C(C)=CCC(C)=N)C2CCC1C2)NC(=O)C1CCCN1C. The molecule has 0 aromatic heterocycles. The van der Waals surface area contributed by atoms with Gasteiger partial charge in [-0.3, -0.25) is 9.69 Å². The first kappa shape index (κ1) is 25.2. The summed E-state index contributed by atoms with van der Waals surface area (Å²) in [5.74, 6) is 1.28. The summed E-state index contributed by atoms with van der Waals surface area (Å²) >= 11 is 0. The molecule has 3 atom stereocenters. The van der Waals surface area contributed by atoms with E-state index in [1.54, 1.807) is 0 Å². The Kier molecular flexibility index (Phi) is 8.12. The van der Waals surface area contributed by atoms with Gasteiger partial charge in [-0.15, -0.1) is 0 Å². The number of fused-ring (bicyclic) bond motifs is 2. The van der Waals surface area contributed by atoms with E-state index in [4.69, 9.17) is 5.41 Å². The number of amides is 1. The maximum absolute atomic E-state index is 12.5. The lowest BCUT2D eigenvalue weighted by Crippen LogP contribution is -2.40. The van der Waals surface area contributed by atoms with Crippen LogP contribution >= 0.6 is 0 Å². The standard InChI is InChI=1S/C29H41N3O/c1-18(10-12-20(3)30)22(5)27-24-14-15-25(17-24)28(27)23(6)19(2)11-13-21(4)31-29(33)26-9-8-16-32(26)7/h10-11,13,24-26,30H,2,4,8-9,12,14-17H2,1,3,5-7H3,(H,31,33)/b13-11-,18-10?,27-22?,28-23?,30-20?. The molecule has 4 nitrogen and oxygen atoms in total. The summed E-state index contributed by atoms with van der Waals surface area (Å²) in [7, 11) is 2.00. The minimum absolute atomic E-state index is 0.0294. The van der Waals surface area contributed by atoms with Gasteiger partial charge in [-0.2, -0.15) is 0 Å². The van der Waals surface area contributed by atoms with Gasteiger partial charge in [-0.1, -0.05) is 30.9 Å². The molecule has 4 heteroatoms. The number of carbonyl (C=O) groups excluding carboxylic acids is 1. The molecule has 3 unspecified atom stereocenters. The Morgan fingerprint density at radius 1 is 1.06 bits per heavy atom. The van der Waals surface area contributed by atoms with Crippen LogP contribution in [0.2, 0.25) is 0 Å². The molecule has 178 valence electrons. The lowest BCUT2D eigenvalue weighted by atomic mass is 9.81. The highest BCUT2D eigenvalue weighted by molar-refractivity contribution is 5.84. The Hall–Kier alpha value is -2.46. The van der Waals surface area contributed by atoms with E-state index in [9.17, 15) is 4.79 Å². The highest BCUT2D eigenvalue weighted by atomic mass is 16.2. The van der Waals surface area contributed by atoms with Crippen molar-refractivity contribution in [3.05, 3.63) is 70.5 Å². The Labute approximate surface area is 200 Å². The van der Waals surface area contributed by atoms with Gasteiger partial charge >= 0.3 is 0 Å². The van der Waals surface area contributed by atoms with Crippen molar-refractivity contribution in [3.8, 4) is 0 Å². The van der Waals surface area contributed by atoms with Gasteiger partial charge in [0, 0.05) is 17.8 Å². The van der Waals surface area contributed by atoms with Crippen LogP contribution in [-0.4, -0.2) is 36.2 Å². The molecule has 3 rings (SSSR count). The topological polar surface area (TPSA) is 56.2 Å². The lowest BCUT2D eigenvalue weighted by molar-refractivity contribution is -0.124. The normalized spacial score (nSPS) is 28.4. The smallest absolute Gasteiger partial charge is 0.241 e. The van der Waals surface area contributed by atoms with E-state index in [0.717, 1.165) is 25.0 Å². The van der Waals surface area contributed by atoms with Crippen LogP contribution in [0.15, 0.2) is 70.5 Å². The van der Waals surface area contributed by atoms with E-state index in [0.29, 0.717) is 29.7 Å². The number of carbonyl (C=O) groups is 1. The molecule has 1 heterocycles. The zero-order valence-corrected chi connectivity index (χ0v) is 21.2. The number of allylic oxidation sites excluding steroid dienone is 9. The molecule has 1 amide bonds. The van der Waals surface area contributed by atoms with Crippen LogP contribution in [0.5, 0.6) is 0 Å². The summed E-state index contributed by atoms with van der Waals surface area (Å²) in [6.07, 6.45) is 12.5. The van der Waals surface area contributed by atoms with Gasteiger partial charge in [0.05, 0.1) is 6.04 Å². The minimum Gasteiger partial charge on any atom is -0.325 e. The third-order valence-corrected chi connectivity index (χ3v) is 7.73. The summed E-state index contributed by atoms with van der Waals surface area (Å²) < 4.78 is 0. The summed E-state index contributed by atoms with van der Waals surface area (Å²) in [6, 6.07) is -0.0559. The molecule has 0 aromatic rings. The fraction of sp³-hybridized carbons (Fsp3) is 0.517. The minimum atomic E-state index is -0.0559. The summed E-state index contributed by atoms with van der Waals surface area (Å²) in [5.41, 5.74) is 9.16. The first-order valence-corrected chi connectivity index (χ1v) is 12.3. The van der Waals surface area contributed by atoms with Crippen molar-refractivity contribution in [1.29, 1.82) is 5.41 Å². The molecule has 2 aliphatic carbocycles. The fourth-order valence-electron chi connectivity index (χ4n) is 5.66. The maximum Gasteiger partial charge on any atom is 0.241 e. The van der Waals surface area contributed by atoms with Crippen LogP contribution in [0.4, 0.5) is 0 Å². The fourth-order valence-corrected chi connectivity index (χ4v) is 5.66. The third kappa shape index (κ3) is 5.73. The van der Waals surface area contributed by atoms with Gasteiger partial charge in [-0.25, -0.2) is 0 Å². The number of hydrogen-bond acceptors (Lipinski definition) is 3. The molecule has 33 heavy (non-hydrogen) atoms. The van der Waals surface area contributed by atoms with Gasteiger partial charge < -0.3 is 10.7 Å². The van der Waals surface area contributed by atoms with Crippen LogP contribution in [-0.2, 0) is 4.79 Å². The molecule has 2 bridgehead atoms. The highest BCUT2D eigenvalue weighted by Gasteiger charge is 2.41. The molecular formula is C29H41N3O. The number of rotatable bonds is 8. The average Bonchev–Trinajstić information content (AvgIpc) is 3.50.